The first-order chi connectivity index (χ1) is 16.1. The van der Waals surface area contributed by atoms with Crippen molar-refractivity contribution in [3.63, 3.8) is 0 Å². The summed E-state index contributed by atoms with van der Waals surface area (Å²) in [7, 11) is 0. The van der Waals surface area contributed by atoms with Crippen molar-refractivity contribution in [1.29, 1.82) is 0 Å². The van der Waals surface area contributed by atoms with Gasteiger partial charge in [0, 0.05) is 23.4 Å². The molecule has 0 saturated heterocycles. The van der Waals surface area contributed by atoms with Gasteiger partial charge in [-0.2, -0.15) is 0 Å². The van der Waals surface area contributed by atoms with E-state index in [1.165, 1.54) is 5.56 Å². The van der Waals surface area contributed by atoms with Crippen molar-refractivity contribution >= 4 is 11.7 Å². The highest BCUT2D eigenvalue weighted by Gasteiger charge is 2.54. The number of para-hydroxylation sites is 1. The van der Waals surface area contributed by atoms with Gasteiger partial charge in [-0.15, -0.1) is 0 Å². The highest BCUT2D eigenvalue weighted by molar-refractivity contribution is 5.97. The number of anilines is 1. The Morgan fingerprint density at radius 3 is 2.48 bits per heavy atom. The van der Waals surface area contributed by atoms with Gasteiger partial charge >= 0.3 is 5.97 Å². The standard InChI is InChI=1S/C29H31NO3/c1-4-5-10-20-15-16-25-26(27(20)30-18-17-19(2)3)29(23-13-8-9-14-24(23)32-25)22-12-7-6-11-21(22)28(31)33-29/h6-9,11-16,19,30H,4-5,10,17-18H2,1-3H3. The first-order valence-corrected chi connectivity index (χ1v) is 12.1. The van der Waals surface area contributed by atoms with Crippen LogP contribution in [0.1, 0.15) is 72.6 Å². The number of fused-ring (bicyclic) bond motifs is 6. The molecule has 1 unspecified atom stereocenters. The van der Waals surface area contributed by atoms with Gasteiger partial charge in [-0.25, -0.2) is 4.79 Å². The van der Waals surface area contributed by atoms with E-state index in [0.717, 1.165) is 66.1 Å². The lowest BCUT2D eigenvalue weighted by Gasteiger charge is -2.38. The Kier molecular flexibility index (Phi) is 5.61. The summed E-state index contributed by atoms with van der Waals surface area (Å²) in [5.74, 6) is 1.77. The zero-order valence-electron chi connectivity index (χ0n) is 19.6. The predicted octanol–water partition coefficient (Wildman–Crippen LogP) is 7.06. The molecule has 2 aliphatic heterocycles. The van der Waals surface area contributed by atoms with Gasteiger partial charge in [-0.1, -0.05) is 69.7 Å². The summed E-state index contributed by atoms with van der Waals surface area (Å²) < 4.78 is 12.8. The quantitative estimate of drug-likeness (QED) is 0.399. The topological polar surface area (TPSA) is 47.6 Å². The number of nitrogens with one attached hydrogen (secondary N) is 1. The van der Waals surface area contributed by atoms with Gasteiger partial charge in [0.2, 0.25) is 0 Å². The molecule has 2 aliphatic rings. The highest BCUT2D eigenvalue weighted by Crippen LogP contribution is 2.58. The number of ether oxygens (including phenoxy) is 2. The van der Waals surface area contributed by atoms with Gasteiger partial charge in [-0.3, -0.25) is 0 Å². The monoisotopic (exact) mass is 441 g/mol. The van der Waals surface area contributed by atoms with E-state index < -0.39 is 5.60 Å². The molecule has 1 spiro atoms. The number of rotatable bonds is 7. The zero-order valence-corrected chi connectivity index (χ0v) is 19.6. The van der Waals surface area contributed by atoms with Crippen LogP contribution in [-0.4, -0.2) is 12.5 Å². The molecule has 0 aromatic heterocycles. The molecule has 3 aromatic rings. The van der Waals surface area contributed by atoms with Crippen LogP contribution in [0.5, 0.6) is 11.5 Å². The first-order valence-electron chi connectivity index (χ1n) is 12.1. The maximum absolute atomic E-state index is 13.1. The van der Waals surface area contributed by atoms with E-state index in [2.05, 4.69) is 32.2 Å². The van der Waals surface area contributed by atoms with Crippen LogP contribution >= 0.6 is 0 Å². The SMILES string of the molecule is CCCCc1ccc2c(c1NCCC(C)C)C1(OC(=O)c3ccccc31)c1ccccc1O2. The lowest BCUT2D eigenvalue weighted by atomic mass is 9.76. The van der Waals surface area contributed by atoms with Gasteiger partial charge in [-0.05, 0) is 48.9 Å². The Hall–Kier alpha value is -3.27. The minimum atomic E-state index is -1.03. The van der Waals surface area contributed by atoms with E-state index in [9.17, 15) is 4.79 Å². The molecule has 0 bridgehead atoms. The zero-order chi connectivity index (χ0) is 23.0. The maximum atomic E-state index is 13.1. The second kappa shape index (κ2) is 8.58. The fraction of sp³-hybridized carbons (Fsp3) is 0.345. The molecule has 0 fully saturated rings. The molecule has 170 valence electrons. The maximum Gasteiger partial charge on any atom is 0.340 e. The van der Waals surface area contributed by atoms with Crippen LogP contribution in [0.15, 0.2) is 60.7 Å². The van der Waals surface area contributed by atoms with E-state index in [1.807, 2.05) is 54.6 Å². The average Bonchev–Trinajstić information content (AvgIpc) is 3.11. The largest absolute Gasteiger partial charge is 0.456 e. The number of hydrogen-bond acceptors (Lipinski definition) is 4. The van der Waals surface area contributed by atoms with Gasteiger partial charge in [0.05, 0.1) is 11.1 Å². The van der Waals surface area contributed by atoms with Crippen molar-refractivity contribution in [3.05, 3.63) is 88.5 Å². The van der Waals surface area contributed by atoms with Crippen LogP contribution in [0, 0.1) is 5.92 Å². The van der Waals surface area contributed by atoms with Crippen molar-refractivity contribution in [1.82, 2.24) is 0 Å². The van der Waals surface area contributed by atoms with E-state index in [1.54, 1.807) is 0 Å². The Labute approximate surface area is 195 Å². The molecule has 4 nitrogen and oxygen atoms in total. The normalized spacial score (nSPS) is 17.9. The fourth-order valence-electron chi connectivity index (χ4n) is 5.03. The second-order valence-corrected chi connectivity index (χ2v) is 9.40. The van der Waals surface area contributed by atoms with Crippen molar-refractivity contribution in [3.8, 4) is 11.5 Å². The molecule has 5 rings (SSSR count). The minimum absolute atomic E-state index is 0.291. The van der Waals surface area contributed by atoms with Crippen LogP contribution in [0.4, 0.5) is 5.69 Å². The van der Waals surface area contributed by atoms with E-state index in [4.69, 9.17) is 9.47 Å². The van der Waals surface area contributed by atoms with E-state index in [0.29, 0.717) is 11.5 Å². The molecule has 0 amide bonds. The molecule has 1 N–H and O–H groups in total. The Morgan fingerprint density at radius 1 is 0.939 bits per heavy atom. The molecule has 0 saturated carbocycles. The summed E-state index contributed by atoms with van der Waals surface area (Å²) in [5, 5.41) is 3.74. The number of esters is 1. The number of unbranched alkanes of at least 4 members (excludes halogenated alkanes) is 1. The van der Waals surface area contributed by atoms with Gasteiger partial charge in [0.25, 0.3) is 0 Å². The summed E-state index contributed by atoms with van der Waals surface area (Å²) in [6.07, 6.45) is 4.22. The molecule has 1 atom stereocenters. The third-order valence-corrected chi connectivity index (χ3v) is 6.69. The van der Waals surface area contributed by atoms with Crippen LogP contribution in [-0.2, 0) is 16.8 Å². The van der Waals surface area contributed by atoms with Gasteiger partial charge in [0.1, 0.15) is 11.5 Å². The fourth-order valence-corrected chi connectivity index (χ4v) is 5.03. The summed E-state index contributed by atoms with van der Waals surface area (Å²) in [5.41, 5.74) is 4.54. The summed E-state index contributed by atoms with van der Waals surface area (Å²) >= 11 is 0. The van der Waals surface area contributed by atoms with Crippen LogP contribution < -0.4 is 10.1 Å². The molecule has 3 aromatic carbocycles. The van der Waals surface area contributed by atoms with Gasteiger partial charge < -0.3 is 14.8 Å². The smallest absolute Gasteiger partial charge is 0.340 e. The van der Waals surface area contributed by atoms with Crippen molar-refractivity contribution < 1.29 is 14.3 Å². The molecule has 33 heavy (non-hydrogen) atoms. The summed E-state index contributed by atoms with van der Waals surface area (Å²) in [6, 6.07) is 19.9. The lowest BCUT2D eigenvalue weighted by molar-refractivity contribution is 0.0226. The Morgan fingerprint density at radius 2 is 1.70 bits per heavy atom. The Balaban J connectivity index is 1.78. The number of carbonyl (C=O) groups excluding carboxylic acids is 1. The van der Waals surface area contributed by atoms with Crippen molar-refractivity contribution in [2.24, 2.45) is 5.92 Å². The number of carbonyl (C=O) groups is 1. The van der Waals surface area contributed by atoms with E-state index >= 15 is 0 Å². The minimum Gasteiger partial charge on any atom is -0.456 e. The molecule has 0 radical (unpaired) electrons. The summed E-state index contributed by atoms with van der Waals surface area (Å²) in [6.45, 7) is 7.52. The van der Waals surface area contributed by atoms with Crippen molar-refractivity contribution in [2.45, 2.75) is 52.1 Å². The van der Waals surface area contributed by atoms with Crippen LogP contribution in [0.25, 0.3) is 0 Å². The molecular formula is C29H31NO3. The Bertz CT molecular complexity index is 1200. The third kappa shape index (κ3) is 3.49. The number of aryl methyl sites for hydroxylation is 1. The molecular weight excluding hydrogens is 410 g/mol. The van der Waals surface area contributed by atoms with Crippen LogP contribution in [0.3, 0.4) is 0 Å². The van der Waals surface area contributed by atoms with Crippen molar-refractivity contribution in [2.75, 3.05) is 11.9 Å². The molecule has 0 aliphatic carbocycles. The predicted molar refractivity (Wildman–Crippen MR) is 131 cm³/mol. The lowest BCUT2D eigenvalue weighted by Crippen LogP contribution is -2.34. The first kappa shape index (κ1) is 21.6. The number of benzene rings is 3. The van der Waals surface area contributed by atoms with Gasteiger partial charge in [0.15, 0.2) is 5.60 Å². The highest BCUT2D eigenvalue weighted by atomic mass is 16.6. The second-order valence-electron chi connectivity index (χ2n) is 9.40. The molecule has 4 heteroatoms. The molecule has 2 heterocycles. The van der Waals surface area contributed by atoms with E-state index in [-0.39, 0.29) is 5.97 Å². The third-order valence-electron chi connectivity index (χ3n) is 6.69. The number of hydrogen-bond donors (Lipinski definition) is 1. The summed E-state index contributed by atoms with van der Waals surface area (Å²) in [4.78, 5) is 13.1. The van der Waals surface area contributed by atoms with Crippen LogP contribution in [0.2, 0.25) is 0 Å². The average molecular weight is 442 g/mol.